The smallest absolute Gasteiger partial charge is 0.274 e. The van der Waals surface area contributed by atoms with E-state index < -0.39 is 20.3 Å². The van der Waals surface area contributed by atoms with Gasteiger partial charge in [-0.2, -0.15) is 4.99 Å². The lowest BCUT2D eigenvalue weighted by Gasteiger charge is -2.36. The fraction of sp³-hybridized carbons (Fsp3) is 0.385. The number of aromatic nitrogens is 2. The molecule has 0 aliphatic heterocycles. The first-order valence-corrected chi connectivity index (χ1v) is 20.8. The summed E-state index contributed by atoms with van der Waals surface area (Å²) < 4.78 is 7.97. The third-order valence-electron chi connectivity index (χ3n) is 8.21. The van der Waals surface area contributed by atoms with E-state index >= 15 is 0 Å². The van der Waals surface area contributed by atoms with Gasteiger partial charge in [-0.1, -0.05) is 80.1 Å². The highest BCUT2D eigenvalue weighted by atomic mass is 35.5. The molecule has 0 aliphatic rings. The van der Waals surface area contributed by atoms with Crippen molar-refractivity contribution >= 4 is 42.6 Å². The number of nitrogens with two attached hydrogens (primary N) is 1. The van der Waals surface area contributed by atoms with Gasteiger partial charge < -0.3 is 19.6 Å². The molecule has 0 unspecified atom stereocenters. The van der Waals surface area contributed by atoms with Gasteiger partial charge in [-0.05, 0) is 94.2 Å². The van der Waals surface area contributed by atoms with Gasteiger partial charge in [0.1, 0.15) is 11.3 Å². The summed E-state index contributed by atoms with van der Waals surface area (Å²) in [6.45, 7) is 18.5. The number of aryl methyl sites for hydroxylation is 1. The number of halogens is 1. The second-order valence-corrected chi connectivity index (χ2v) is 18.8. The van der Waals surface area contributed by atoms with E-state index in [1.807, 2.05) is 77.1 Å². The number of benzene rings is 3. The standard InChI is InChI=1S/C39H50ClN5O3Si/c1-27(2)35(44(23-12-22-41)39(47)31-18-16-28(3)17-19-31)37-42-34-25-32(40)20-21-33(34)36(45(37)26-30-14-9-8-10-15-30)43-38(46)29(4)13-11-24-48-49(5,6)7/h8-10,14-21,25,27,35H,4,11-13,22-24,26,41H2,1-3,5-7H3/t35-/m1/s1. The van der Waals surface area contributed by atoms with E-state index in [0.29, 0.717) is 83.9 Å². The fourth-order valence-corrected chi connectivity index (χ4v) is 6.65. The Kier molecular flexibility index (Phi) is 13.3. The topological polar surface area (TPSA) is 103 Å². The normalized spacial score (nSPS) is 12.8. The molecule has 2 amide bonds. The Balaban J connectivity index is 1.95. The van der Waals surface area contributed by atoms with Crippen LogP contribution in [0.3, 0.4) is 0 Å². The quantitative estimate of drug-likeness (QED) is 0.0774. The first-order chi connectivity index (χ1) is 23.3. The molecule has 3 aromatic carbocycles. The molecule has 0 aliphatic carbocycles. The highest BCUT2D eigenvalue weighted by molar-refractivity contribution is 6.69. The van der Waals surface area contributed by atoms with Gasteiger partial charge in [-0.3, -0.25) is 9.59 Å². The number of amides is 2. The monoisotopic (exact) mass is 699 g/mol. The predicted molar refractivity (Wildman–Crippen MR) is 202 cm³/mol. The predicted octanol–water partition coefficient (Wildman–Crippen LogP) is 7.85. The van der Waals surface area contributed by atoms with Crippen LogP contribution in [0.1, 0.15) is 66.5 Å². The lowest BCUT2D eigenvalue weighted by atomic mass is 9.98. The number of hydrogen-bond acceptors (Lipinski definition) is 5. The van der Waals surface area contributed by atoms with Crippen LogP contribution in [0.2, 0.25) is 24.7 Å². The Bertz CT molecular complexity index is 1830. The summed E-state index contributed by atoms with van der Waals surface area (Å²) >= 11 is 6.52. The maximum absolute atomic E-state index is 14.3. The molecule has 0 radical (unpaired) electrons. The van der Waals surface area contributed by atoms with Crippen LogP contribution in [-0.4, -0.2) is 54.3 Å². The molecule has 4 aromatic rings. The Labute approximate surface area is 296 Å². The first-order valence-electron chi connectivity index (χ1n) is 17.0. The molecule has 0 saturated heterocycles. The molecule has 10 heteroatoms. The maximum atomic E-state index is 14.3. The van der Waals surface area contributed by atoms with Crippen molar-refractivity contribution in [3.8, 4) is 0 Å². The number of carbonyl (C=O) groups is 2. The Hall–Kier alpha value is -3.89. The molecule has 8 nitrogen and oxygen atoms in total. The first kappa shape index (κ1) is 37.9. The van der Waals surface area contributed by atoms with Crippen LogP contribution < -0.4 is 11.2 Å². The third-order valence-corrected chi connectivity index (χ3v) is 9.52. The average molecular weight is 700 g/mol. The second kappa shape index (κ2) is 17.2. The molecule has 0 bridgehead atoms. The Morgan fingerprint density at radius 2 is 1.73 bits per heavy atom. The van der Waals surface area contributed by atoms with Crippen LogP contribution in [0.5, 0.6) is 0 Å². The average Bonchev–Trinajstić information content (AvgIpc) is 3.05. The summed E-state index contributed by atoms with van der Waals surface area (Å²) in [5.41, 5.74) is 10.1. The number of hydrogen-bond donors (Lipinski definition) is 1. The van der Waals surface area contributed by atoms with E-state index in [1.165, 1.54) is 0 Å². The summed E-state index contributed by atoms with van der Waals surface area (Å²) in [4.78, 5) is 40.0. The SMILES string of the molecule is C=C(CCCO[Si](C)(C)C)C(=O)N=c1c2ccc(Cl)cc2nc([C@@H](C(C)C)N(CCCN)C(=O)c2ccc(C)cc2)n1Cc1ccccc1. The molecule has 0 spiro atoms. The van der Waals surface area contributed by atoms with Crippen molar-refractivity contribution in [2.75, 3.05) is 19.7 Å². The van der Waals surface area contributed by atoms with Crippen LogP contribution in [0, 0.1) is 12.8 Å². The molecule has 1 aromatic heterocycles. The van der Waals surface area contributed by atoms with Crippen LogP contribution in [0.25, 0.3) is 10.9 Å². The zero-order valence-electron chi connectivity index (χ0n) is 29.7. The highest BCUT2D eigenvalue weighted by Crippen LogP contribution is 2.31. The number of fused-ring (bicyclic) bond motifs is 1. The molecule has 2 N–H and O–H groups in total. The van der Waals surface area contributed by atoms with Gasteiger partial charge in [-0.15, -0.1) is 0 Å². The summed E-state index contributed by atoms with van der Waals surface area (Å²) in [6, 6.07) is 22.5. The number of nitrogens with zero attached hydrogens (tertiary/aromatic N) is 4. The van der Waals surface area contributed by atoms with Gasteiger partial charge in [0.15, 0.2) is 8.32 Å². The zero-order chi connectivity index (χ0) is 35.7. The third kappa shape index (κ3) is 10.3. The minimum absolute atomic E-state index is 0.0665. The Morgan fingerprint density at radius 3 is 2.37 bits per heavy atom. The molecule has 0 saturated carbocycles. The van der Waals surface area contributed by atoms with Gasteiger partial charge in [0, 0.05) is 34.7 Å². The zero-order valence-corrected chi connectivity index (χ0v) is 31.5. The maximum Gasteiger partial charge on any atom is 0.274 e. The van der Waals surface area contributed by atoms with Gasteiger partial charge in [-0.25, -0.2) is 4.98 Å². The van der Waals surface area contributed by atoms with Crippen molar-refractivity contribution in [2.45, 2.75) is 72.3 Å². The molecule has 1 atom stereocenters. The van der Waals surface area contributed by atoms with E-state index in [1.54, 1.807) is 12.1 Å². The number of carbonyl (C=O) groups excluding carboxylic acids is 2. The molecule has 260 valence electrons. The van der Waals surface area contributed by atoms with E-state index in [2.05, 4.69) is 40.1 Å². The van der Waals surface area contributed by atoms with Crippen molar-refractivity contribution in [3.63, 3.8) is 0 Å². The van der Waals surface area contributed by atoms with Crippen molar-refractivity contribution in [1.29, 1.82) is 0 Å². The highest BCUT2D eigenvalue weighted by Gasteiger charge is 2.32. The molecular formula is C39H50ClN5O3Si. The summed E-state index contributed by atoms with van der Waals surface area (Å²) in [5.74, 6) is 0.0185. The van der Waals surface area contributed by atoms with Crippen LogP contribution >= 0.6 is 11.6 Å². The molecule has 49 heavy (non-hydrogen) atoms. The Morgan fingerprint density at radius 1 is 1.04 bits per heavy atom. The van der Waals surface area contributed by atoms with E-state index in [0.717, 1.165) is 11.1 Å². The van der Waals surface area contributed by atoms with Gasteiger partial charge >= 0.3 is 0 Å². The van der Waals surface area contributed by atoms with Crippen LogP contribution in [-0.2, 0) is 15.8 Å². The molecule has 1 heterocycles. The van der Waals surface area contributed by atoms with Crippen molar-refractivity contribution in [1.82, 2.24) is 14.5 Å². The van der Waals surface area contributed by atoms with E-state index in [9.17, 15) is 9.59 Å². The lowest BCUT2D eigenvalue weighted by molar-refractivity contribution is -0.114. The van der Waals surface area contributed by atoms with E-state index in [-0.39, 0.29) is 11.8 Å². The van der Waals surface area contributed by atoms with Crippen molar-refractivity contribution in [2.24, 2.45) is 16.6 Å². The fourth-order valence-electron chi connectivity index (χ4n) is 5.73. The van der Waals surface area contributed by atoms with Crippen LogP contribution in [0.15, 0.2) is 89.9 Å². The molecular weight excluding hydrogens is 650 g/mol. The second-order valence-electron chi connectivity index (χ2n) is 13.8. The lowest BCUT2D eigenvalue weighted by Crippen LogP contribution is -2.42. The van der Waals surface area contributed by atoms with Crippen LogP contribution in [0.4, 0.5) is 0 Å². The number of rotatable bonds is 15. The van der Waals surface area contributed by atoms with E-state index in [4.69, 9.17) is 31.7 Å². The van der Waals surface area contributed by atoms with Gasteiger partial charge in [0.25, 0.3) is 11.8 Å². The molecule has 0 fully saturated rings. The van der Waals surface area contributed by atoms with Gasteiger partial charge in [0.05, 0.1) is 18.1 Å². The molecule has 4 rings (SSSR count). The van der Waals surface area contributed by atoms with Crippen molar-refractivity contribution in [3.05, 3.63) is 118 Å². The summed E-state index contributed by atoms with van der Waals surface area (Å²) in [5, 5.41) is 1.18. The summed E-state index contributed by atoms with van der Waals surface area (Å²) in [6.07, 6.45) is 1.76. The summed E-state index contributed by atoms with van der Waals surface area (Å²) in [7, 11) is -1.67. The van der Waals surface area contributed by atoms with Gasteiger partial charge in [0.2, 0.25) is 0 Å². The largest absolute Gasteiger partial charge is 0.418 e. The minimum Gasteiger partial charge on any atom is -0.418 e. The minimum atomic E-state index is -1.67. The van der Waals surface area contributed by atoms with Crippen molar-refractivity contribution < 1.29 is 14.0 Å².